The Bertz CT molecular complexity index is 505. The highest BCUT2D eigenvalue weighted by Gasteiger charge is 2.05. The highest BCUT2D eigenvalue weighted by molar-refractivity contribution is 5.58. The Morgan fingerprint density at radius 1 is 1.11 bits per heavy atom. The smallest absolute Gasteiger partial charge is 0.151 e. The molecule has 0 saturated carbocycles. The van der Waals surface area contributed by atoms with E-state index in [0.29, 0.717) is 0 Å². The third kappa shape index (κ3) is 3.51. The molecule has 0 spiro atoms. The average Bonchev–Trinajstić information content (AvgIpc) is 2.46. The van der Waals surface area contributed by atoms with Gasteiger partial charge in [-0.2, -0.15) is 0 Å². The number of aromatic nitrogens is 2. The first-order chi connectivity index (χ1) is 9.20. The highest BCUT2D eigenvalue weighted by Crippen LogP contribution is 2.20. The van der Waals surface area contributed by atoms with Crippen molar-refractivity contribution in [2.45, 2.75) is 20.4 Å². The van der Waals surface area contributed by atoms with Gasteiger partial charge in [0.15, 0.2) is 5.82 Å². The first kappa shape index (κ1) is 13.5. The van der Waals surface area contributed by atoms with Crippen LogP contribution in [0.3, 0.4) is 0 Å². The zero-order valence-electron chi connectivity index (χ0n) is 11.7. The van der Waals surface area contributed by atoms with E-state index in [1.807, 2.05) is 24.3 Å². The lowest BCUT2D eigenvalue weighted by Crippen LogP contribution is -2.15. The highest BCUT2D eigenvalue weighted by atomic mass is 15.2. The number of nitrogens with one attached hydrogen (secondary N) is 1. The van der Waals surface area contributed by atoms with E-state index in [1.165, 1.54) is 5.56 Å². The molecule has 0 aliphatic carbocycles. The minimum absolute atomic E-state index is 0.762. The van der Waals surface area contributed by atoms with E-state index in [0.717, 1.165) is 30.3 Å². The van der Waals surface area contributed by atoms with E-state index >= 15 is 0 Å². The summed E-state index contributed by atoms with van der Waals surface area (Å²) >= 11 is 0. The fourth-order valence-corrected chi connectivity index (χ4v) is 1.77. The molecule has 0 fully saturated rings. The van der Waals surface area contributed by atoms with E-state index in [4.69, 9.17) is 0 Å². The molecule has 0 bridgehead atoms. The van der Waals surface area contributed by atoms with Gasteiger partial charge in [0.25, 0.3) is 0 Å². The van der Waals surface area contributed by atoms with Gasteiger partial charge in [0.2, 0.25) is 0 Å². The van der Waals surface area contributed by atoms with Crippen LogP contribution in [0.5, 0.6) is 0 Å². The van der Waals surface area contributed by atoms with Crippen molar-refractivity contribution >= 4 is 11.5 Å². The van der Waals surface area contributed by atoms with Gasteiger partial charge in [-0.1, -0.05) is 24.6 Å². The van der Waals surface area contributed by atoms with Gasteiger partial charge in [0.1, 0.15) is 0 Å². The fraction of sp³-hybridized carbons (Fsp3) is 0.333. The van der Waals surface area contributed by atoms with Gasteiger partial charge in [-0.05, 0) is 25.6 Å². The molecule has 2 aromatic rings. The van der Waals surface area contributed by atoms with Crippen LogP contribution in [0.1, 0.15) is 18.2 Å². The molecule has 4 nitrogen and oxygen atoms in total. The monoisotopic (exact) mass is 256 g/mol. The van der Waals surface area contributed by atoms with E-state index in [9.17, 15) is 0 Å². The summed E-state index contributed by atoms with van der Waals surface area (Å²) in [5, 5.41) is 3.24. The van der Waals surface area contributed by atoms with E-state index in [1.54, 1.807) is 0 Å². The molecular weight excluding hydrogens is 236 g/mol. The number of anilines is 2. The van der Waals surface area contributed by atoms with Crippen LogP contribution in [0.25, 0.3) is 0 Å². The van der Waals surface area contributed by atoms with Crippen molar-refractivity contribution in [3.8, 4) is 0 Å². The molecule has 1 N–H and O–H groups in total. The molecule has 0 saturated heterocycles. The van der Waals surface area contributed by atoms with Crippen LogP contribution in [0, 0.1) is 6.92 Å². The number of hydrogen-bond acceptors (Lipinski definition) is 4. The average molecular weight is 256 g/mol. The van der Waals surface area contributed by atoms with Crippen LogP contribution < -0.4 is 10.2 Å². The zero-order valence-corrected chi connectivity index (χ0v) is 11.7. The Balaban J connectivity index is 2.10. The van der Waals surface area contributed by atoms with Crippen LogP contribution in [-0.4, -0.2) is 23.6 Å². The predicted molar refractivity (Wildman–Crippen MR) is 78.7 cm³/mol. The second-order valence-corrected chi connectivity index (χ2v) is 4.54. The summed E-state index contributed by atoms with van der Waals surface area (Å²) in [6.45, 7) is 5.86. The van der Waals surface area contributed by atoms with Crippen LogP contribution in [0.15, 0.2) is 36.7 Å². The molecule has 0 aliphatic heterocycles. The van der Waals surface area contributed by atoms with Crippen molar-refractivity contribution < 1.29 is 0 Å². The Labute approximate surface area is 114 Å². The molecule has 1 aromatic carbocycles. The normalized spacial score (nSPS) is 10.5. The Morgan fingerprint density at radius 3 is 2.42 bits per heavy atom. The van der Waals surface area contributed by atoms with Crippen molar-refractivity contribution in [1.29, 1.82) is 0 Å². The molecule has 0 aliphatic rings. The van der Waals surface area contributed by atoms with Crippen LogP contribution in [-0.2, 0) is 6.54 Å². The molecule has 0 unspecified atom stereocenters. The minimum Gasteiger partial charge on any atom is -0.328 e. The zero-order chi connectivity index (χ0) is 13.7. The SMILES string of the molecule is CCNCc1cnc(N(C)c2ccc(C)cc2)cn1. The number of hydrogen-bond donors (Lipinski definition) is 1. The van der Waals surface area contributed by atoms with Gasteiger partial charge in [0.05, 0.1) is 18.1 Å². The fourth-order valence-electron chi connectivity index (χ4n) is 1.77. The van der Waals surface area contributed by atoms with Crippen molar-refractivity contribution in [2.75, 3.05) is 18.5 Å². The van der Waals surface area contributed by atoms with E-state index in [2.05, 4.69) is 53.4 Å². The summed E-state index contributed by atoms with van der Waals surface area (Å²) in [5.74, 6) is 0.851. The maximum atomic E-state index is 4.45. The molecule has 0 amide bonds. The molecular formula is C15H20N4. The third-order valence-corrected chi connectivity index (χ3v) is 3.01. The summed E-state index contributed by atoms with van der Waals surface area (Å²) in [4.78, 5) is 10.9. The molecule has 1 heterocycles. The minimum atomic E-state index is 0.762. The number of nitrogens with zero attached hydrogens (tertiary/aromatic N) is 3. The van der Waals surface area contributed by atoms with Crippen molar-refractivity contribution in [2.24, 2.45) is 0 Å². The molecule has 100 valence electrons. The molecule has 2 rings (SSSR count). The lowest BCUT2D eigenvalue weighted by Gasteiger charge is -2.18. The van der Waals surface area contributed by atoms with Crippen molar-refractivity contribution in [3.05, 3.63) is 47.9 Å². The topological polar surface area (TPSA) is 41.1 Å². The maximum Gasteiger partial charge on any atom is 0.151 e. The standard InChI is InChI=1S/C15H20N4/c1-4-16-9-13-10-18-15(11-17-13)19(3)14-7-5-12(2)6-8-14/h5-8,10-11,16H,4,9H2,1-3H3. The Kier molecular flexibility index (Phi) is 4.47. The van der Waals surface area contributed by atoms with Crippen molar-refractivity contribution in [3.63, 3.8) is 0 Å². The van der Waals surface area contributed by atoms with Crippen LogP contribution in [0.2, 0.25) is 0 Å². The Morgan fingerprint density at radius 2 is 1.84 bits per heavy atom. The number of rotatable bonds is 5. The lowest BCUT2D eigenvalue weighted by molar-refractivity contribution is 0.707. The number of aryl methyl sites for hydroxylation is 1. The molecule has 0 radical (unpaired) electrons. The van der Waals surface area contributed by atoms with Gasteiger partial charge >= 0.3 is 0 Å². The van der Waals surface area contributed by atoms with Crippen molar-refractivity contribution in [1.82, 2.24) is 15.3 Å². The van der Waals surface area contributed by atoms with Gasteiger partial charge in [-0.15, -0.1) is 0 Å². The summed E-state index contributed by atoms with van der Waals surface area (Å²) in [7, 11) is 2.00. The summed E-state index contributed by atoms with van der Waals surface area (Å²) in [6.07, 6.45) is 3.63. The van der Waals surface area contributed by atoms with E-state index in [-0.39, 0.29) is 0 Å². The molecule has 0 atom stereocenters. The van der Waals surface area contributed by atoms with E-state index < -0.39 is 0 Å². The summed E-state index contributed by atoms with van der Waals surface area (Å²) in [5.41, 5.74) is 3.33. The van der Waals surface area contributed by atoms with Gasteiger partial charge in [-0.3, -0.25) is 4.98 Å². The second kappa shape index (κ2) is 6.29. The first-order valence-electron chi connectivity index (χ1n) is 6.52. The van der Waals surface area contributed by atoms with Gasteiger partial charge in [0, 0.05) is 19.3 Å². The van der Waals surface area contributed by atoms with Gasteiger partial charge < -0.3 is 10.2 Å². The maximum absolute atomic E-state index is 4.45. The van der Waals surface area contributed by atoms with Gasteiger partial charge in [-0.25, -0.2) is 4.98 Å². The predicted octanol–water partition coefficient (Wildman–Crippen LogP) is 2.66. The molecule has 1 aromatic heterocycles. The lowest BCUT2D eigenvalue weighted by atomic mass is 10.2. The molecule has 19 heavy (non-hydrogen) atoms. The van der Waals surface area contributed by atoms with Crippen LogP contribution >= 0.6 is 0 Å². The second-order valence-electron chi connectivity index (χ2n) is 4.54. The molecule has 4 heteroatoms. The largest absolute Gasteiger partial charge is 0.328 e. The third-order valence-electron chi connectivity index (χ3n) is 3.01. The summed E-state index contributed by atoms with van der Waals surface area (Å²) in [6, 6.07) is 8.37. The quantitative estimate of drug-likeness (QED) is 0.893. The number of benzene rings is 1. The first-order valence-corrected chi connectivity index (χ1v) is 6.52. The Hall–Kier alpha value is -1.94. The summed E-state index contributed by atoms with van der Waals surface area (Å²) < 4.78 is 0. The van der Waals surface area contributed by atoms with Crippen LogP contribution in [0.4, 0.5) is 11.5 Å².